The summed E-state index contributed by atoms with van der Waals surface area (Å²) in [6.45, 7) is 9.49. The van der Waals surface area contributed by atoms with Crippen LogP contribution in [0.1, 0.15) is 36.1 Å². The zero-order chi connectivity index (χ0) is 15.0. The molecule has 0 spiro atoms. The van der Waals surface area contributed by atoms with E-state index in [0.717, 1.165) is 18.7 Å². The summed E-state index contributed by atoms with van der Waals surface area (Å²) >= 11 is 0. The summed E-state index contributed by atoms with van der Waals surface area (Å²) in [5, 5.41) is 3.57. The van der Waals surface area contributed by atoms with Crippen molar-refractivity contribution in [1.82, 2.24) is 0 Å². The summed E-state index contributed by atoms with van der Waals surface area (Å²) in [6.07, 6.45) is 0.982. The van der Waals surface area contributed by atoms with Crippen LogP contribution in [0.5, 0.6) is 5.75 Å². The molecule has 1 heterocycles. The molecule has 1 aliphatic heterocycles. The Morgan fingerprint density at radius 1 is 1.14 bits per heavy atom. The molecule has 0 aliphatic carbocycles. The van der Waals surface area contributed by atoms with Crippen LogP contribution >= 0.6 is 0 Å². The minimum absolute atomic E-state index is 0.0874. The molecular formula is C19H23NO. The number of benzene rings is 2. The molecule has 0 atom stereocenters. The molecule has 2 heteroatoms. The Bertz CT molecular complexity index is 659. The Morgan fingerprint density at radius 2 is 1.86 bits per heavy atom. The number of hydrogen-bond donors (Lipinski definition) is 1. The van der Waals surface area contributed by atoms with Gasteiger partial charge in [-0.15, -0.1) is 0 Å². The van der Waals surface area contributed by atoms with Gasteiger partial charge in [-0.05, 0) is 50.5 Å². The quantitative estimate of drug-likeness (QED) is 0.885. The maximum atomic E-state index is 6.10. The highest BCUT2D eigenvalue weighted by atomic mass is 16.5. The lowest BCUT2D eigenvalue weighted by Crippen LogP contribution is -2.24. The molecule has 0 saturated carbocycles. The molecule has 3 rings (SSSR count). The summed E-state index contributed by atoms with van der Waals surface area (Å²) in [7, 11) is 0. The van der Waals surface area contributed by atoms with Crippen molar-refractivity contribution in [3.8, 4) is 5.75 Å². The van der Waals surface area contributed by atoms with Crippen LogP contribution in [-0.4, -0.2) is 5.60 Å². The molecule has 1 aliphatic rings. The predicted octanol–water partition coefficient (Wildman–Crippen LogP) is 4.63. The third kappa shape index (κ3) is 2.76. The number of ether oxygens (including phenoxy) is 1. The van der Waals surface area contributed by atoms with E-state index in [1.807, 2.05) is 6.07 Å². The van der Waals surface area contributed by atoms with E-state index in [1.54, 1.807) is 0 Å². The number of anilines is 1. The van der Waals surface area contributed by atoms with Gasteiger partial charge in [-0.2, -0.15) is 0 Å². The zero-order valence-electron chi connectivity index (χ0n) is 13.3. The molecule has 0 aromatic heterocycles. The van der Waals surface area contributed by atoms with Crippen molar-refractivity contribution in [2.24, 2.45) is 0 Å². The van der Waals surface area contributed by atoms with Crippen LogP contribution in [0.15, 0.2) is 36.4 Å². The first-order chi connectivity index (χ1) is 9.96. The Labute approximate surface area is 127 Å². The van der Waals surface area contributed by atoms with E-state index in [4.69, 9.17) is 4.74 Å². The topological polar surface area (TPSA) is 21.3 Å². The van der Waals surface area contributed by atoms with Gasteiger partial charge in [-0.3, -0.25) is 0 Å². The van der Waals surface area contributed by atoms with Crippen LogP contribution in [0.3, 0.4) is 0 Å². The van der Waals surface area contributed by atoms with Crippen LogP contribution in [0.4, 0.5) is 5.69 Å². The largest absolute Gasteiger partial charge is 0.487 e. The van der Waals surface area contributed by atoms with Gasteiger partial charge < -0.3 is 10.1 Å². The van der Waals surface area contributed by atoms with Crippen molar-refractivity contribution in [2.75, 3.05) is 5.32 Å². The minimum atomic E-state index is -0.0874. The highest BCUT2D eigenvalue weighted by Crippen LogP contribution is 2.42. The van der Waals surface area contributed by atoms with Gasteiger partial charge in [0.1, 0.15) is 11.4 Å². The summed E-state index contributed by atoms with van der Waals surface area (Å²) in [4.78, 5) is 0. The van der Waals surface area contributed by atoms with Gasteiger partial charge in [0.05, 0.1) is 0 Å². The van der Waals surface area contributed by atoms with Crippen molar-refractivity contribution in [3.63, 3.8) is 0 Å². The lowest BCUT2D eigenvalue weighted by Gasteiger charge is -2.17. The van der Waals surface area contributed by atoms with Crippen molar-refractivity contribution in [1.29, 1.82) is 0 Å². The molecule has 0 radical (unpaired) electrons. The molecular weight excluding hydrogens is 258 g/mol. The van der Waals surface area contributed by atoms with Crippen molar-refractivity contribution < 1.29 is 4.74 Å². The standard InChI is InChI=1S/C19H23NO/c1-13-10-17(20-12-15-8-6-5-7-9-15)14(2)16-11-19(3,4)21-18(13)16/h5-10,20H,11-12H2,1-4H3. The summed E-state index contributed by atoms with van der Waals surface area (Å²) in [5.74, 6) is 1.09. The lowest BCUT2D eigenvalue weighted by atomic mass is 9.95. The van der Waals surface area contributed by atoms with Gasteiger partial charge >= 0.3 is 0 Å². The van der Waals surface area contributed by atoms with Gasteiger partial charge in [0.2, 0.25) is 0 Å². The Balaban J connectivity index is 1.87. The molecule has 2 nitrogen and oxygen atoms in total. The van der Waals surface area contributed by atoms with Crippen molar-refractivity contribution >= 4 is 5.69 Å². The molecule has 0 unspecified atom stereocenters. The van der Waals surface area contributed by atoms with Crippen LogP contribution < -0.4 is 10.1 Å². The second-order valence-corrected chi connectivity index (χ2v) is 6.55. The fourth-order valence-electron chi connectivity index (χ4n) is 3.03. The smallest absolute Gasteiger partial charge is 0.126 e. The highest BCUT2D eigenvalue weighted by molar-refractivity contribution is 5.63. The maximum absolute atomic E-state index is 6.10. The van der Waals surface area contributed by atoms with Crippen LogP contribution in [0.25, 0.3) is 0 Å². The lowest BCUT2D eigenvalue weighted by molar-refractivity contribution is 0.137. The average molecular weight is 281 g/mol. The van der Waals surface area contributed by atoms with Gasteiger partial charge in [0.15, 0.2) is 0 Å². The number of fused-ring (bicyclic) bond motifs is 1. The molecule has 0 fully saturated rings. The second-order valence-electron chi connectivity index (χ2n) is 6.55. The first-order valence-corrected chi connectivity index (χ1v) is 7.56. The molecule has 2 aromatic carbocycles. The summed E-state index contributed by atoms with van der Waals surface area (Å²) < 4.78 is 6.10. The predicted molar refractivity (Wildman–Crippen MR) is 88.1 cm³/mol. The van der Waals surface area contributed by atoms with E-state index in [9.17, 15) is 0 Å². The van der Waals surface area contributed by atoms with E-state index in [1.165, 1.54) is 27.9 Å². The van der Waals surface area contributed by atoms with Gasteiger partial charge in [0.25, 0.3) is 0 Å². The number of aryl methyl sites for hydroxylation is 1. The fourth-order valence-corrected chi connectivity index (χ4v) is 3.03. The van der Waals surface area contributed by atoms with Crippen molar-refractivity contribution in [2.45, 2.75) is 46.3 Å². The van der Waals surface area contributed by atoms with Crippen LogP contribution in [0.2, 0.25) is 0 Å². The first kappa shape index (κ1) is 14.0. The van der Waals surface area contributed by atoms with Crippen LogP contribution in [-0.2, 0) is 13.0 Å². The Kier molecular flexibility index (Phi) is 3.40. The highest BCUT2D eigenvalue weighted by Gasteiger charge is 2.33. The monoisotopic (exact) mass is 281 g/mol. The van der Waals surface area contributed by atoms with E-state index < -0.39 is 0 Å². The molecule has 0 bridgehead atoms. The average Bonchev–Trinajstić information content (AvgIpc) is 2.79. The normalized spacial score (nSPS) is 15.4. The Morgan fingerprint density at radius 3 is 2.57 bits per heavy atom. The fraction of sp³-hybridized carbons (Fsp3) is 0.368. The van der Waals surface area contributed by atoms with Gasteiger partial charge in [0, 0.05) is 24.2 Å². The second kappa shape index (κ2) is 5.10. The number of rotatable bonds is 3. The molecule has 110 valence electrons. The summed E-state index contributed by atoms with van der Waals surface area (Å²) in [5.41, 5.74) is 6.32. The molecule has 21 heavy (non-hydrogen) atoms. The SMILES string of the molecule is Cc1cc(NCc2ccccc2)c(C)c2c1OC(C)(C)C2. The van der Waals surface area contributed by atoms with Gasteiger partial charge in [-0.25, -0.2) is 0 Å². The maximum Gasteiger partial charge on any atom is 0.126 e. The molecule has 0 saturated heterocycles. The zero-order valence-corrected chi connectivity index (χ0v) is 13.3. The molecule has 1 N–H and O–H groups in total. The molecule has 2 aromatic rings. The van der Waals surface area contributed by atoms with Crippen LogP contribution in [0, 0.1) is 13.8 Å². The van der Waals surface area contributed by atoms with E-state index in [2.05, 4.69) is 63.3 Å². The number of nitrogens with one attached hydrogen (secondary N) is 1. The molecule has 0 amide bonds. The van der Waals surface area contributed by atoms with E-state index in [0.29, 0.717) is 0 Å². The third-order valence-corrected chi connectivity index (χ3v) is 4.16. The minimum Gasteiger partial charge on any atom is -0.487 e. The van der Waals surface area contributed by atoms with Gasteiger partial charge in [-0.1, -0.05) is 30.3 Å². The number of hydrogen-bond acceptors (Lipinski definition) is 2. The van der Waals surface area contributed by atoms with Crippen molar-refractivity contribution in [3.05, 3.63) is 58.7 Å². The first-order valence-electron chi connectivity index (χ1n) is 7.56. The third-order valence-electron chi connectivity index (χ3n) is 4.16. The Hall–Kier alpha value is -1.96. The summed E-state index contributed by atoms with van der Waals surface area (Å²) in [6, 6.07) is 12.7. The van der Waals surface area contributed by atoms with E-state index in [-0.39, 0.29) is 5.60 Å². The van der Waals surface area contributed by atoms with E-state index >= 15 is 0 Å².